The van der Waals surface area contributed by atoms with Crippen LogP contribution in [0.5, 0.6) is 0 Å². The summed E-state index contributed by atoms with van der Waals surface area (Å²) in [6.45, 7) is 7.47. The Kier molecular flexibility index (Phi) is 10.1. The van der Waals surface area contributed by atoms with Crippen LogP contribution in [-0.4, -0.2) is 76.7 Å². The zero-order chi connectivity index (χ0) is 30.4. The average Bonchev–Trinajstić information content (AvgIpc) is 3.36. The summed E-state index contributed by atoms with van der Waals surface area (Å²) in [6, 6.07) is 2.31. The lowest BCUT2D eigenvalue weighted by Gasteiger charge is -2.35. The van der Waals surface area contributed by atoms with Crippen LogP contribution in [0.4, 0.5) is 43.7 Å². The van der Waals surface area contributed by atoms with E-state index in [9.17, 15) is 22.4 Å². The van der Waals surface area contributed by atoms with Crippen LogP contribution in [0, 0.1) is 11.6 Å². The van der Waals surface area contributed by atoms with Crippen molar-refractivity contribution in [3.8, 4) is 11.3 Å². The fourth-order valence-corrected chi connectivity index (χ4v) is 5.76. The van der Waals surface area contributed by atoms with Gasteiger partial charge in [-0.15, -0.1) is 0 Å². The molecule has 0 unspecified atom stereocenters. The largest absolute Gasteiger partial charge is 0.481 e. The van der Waals surface area contributed by atoms with Gasteiger partial charge in [0.15, 0.2) is 16.8 Å². The average molecular weight is 614 g/mol. The summed E-state index contributed by atoms with van der Waals surface area (Å²) in [5, 5.41) is 12.5. The molecule has 2 aromatic heterocycles. The Morgan fingerprint density at radius 1 is 1.07 bits per heavy atom. The van der Waals surface area contributed by atoms with E-state index in [1.807, 2.05) is 23.6 Å². The lowest BCUT2D eigenvalue weighted by molar-refractivity contribution is -0.138. The normalized spacial score (nSPS) is 14.3. The van der Waals surface area contributed by atoms with Gasteiger partial charge in [0.1, 0.15) is 22.8 Å². The van der Waals surface area contributed by atoms with Crippen molar-refractivity contribution in [1.82, 2.24) is 19.9 Å². The first-order chi connectivity index (χ1) is 20.0. The molecule has 1 aliphatic heterocycles. The van der Waals surface area contributed by atoms with Gasteiger partial charge < -0.3 is 20.2 Å². The van der Waals surface area contributed by atoms with Crippen LogP contribution in [-0.2, 0) is 11.0 Å². The summed E-state index contributed by atoms with van der Waals surface area (Å²) in [5.41, 5.74) is -1.01. The van der Waals surface area contributed by atoms with E-state index in [-0.39, 0.29) is 34.4 Å². The quantitative estimate of drug-likeness (QED) is 0.243. The van der Waals surface area contributed by atoms with E-state index < -0.39 is 29.3 Å². The van der Waals surface area contributed by atoms with Crippen molar-refractivity contribution in [3.05, 3.63) is 41.7 Å². The standard InChI is InChI=1S/C27H32F5N7O2S/c1-3-6-39(7-4-2)25-22(17-13-18(27(30,31)32)15-19(28)14-17)35-26(42-25)36-23-21(29)24(34-16-33-23)38-11-9-37(10-12-38)8-5-20(40)41/h13-16H,3-12H2,1-2H3,(H,40,41)(H,33,34,35,36). The SMILES string of the molecule is CCCN(CCC)c1sc(Nc2ncnc(N3CCN(CCC(=O)O)CC3)c2F)nc1-c1cc(F)cc(C(F)(F)F)c1. The lowest BCUT2D eigenvalue weighted by atomic mass is 10.1. The molecule has 0 amide bonds. The molecule has 3 heterocycles. The van der Waals surface area contributed by atoms with Gasteiger partial charge in [-0.2, -0.15) is 17.6 Å². The molecule has 1 fully saturated rings. The smallest absolute Gasteiger partial charge is 0.416 e. The highest BCUT2D eigenvalue weighted by molar-refractivity contribution is 7.20. The Morgan fingerprint density at radius 3 is 2.38 bits per heavy atom. The van der Waals surface area contributed by atoms with E-state index in [0.29, 0.717) is 56.9 Å². The number of hydrogen-bond donors (Lipinski definition) is 2. The van der Waals surface area contributed by atoms with Crippen LogP contribution >= 0.6 is 11.3 Å². The van der Waals surface area contributed by atoms with E-state index >= 15 is 4.39 Å². The number of halogens is 5. The third-order valence-corrected chi connectivity index (χ3v) is 7.72. The topological polar surface area (TPSA) is 97.7 Å². The zero-order valence-corrected chi connectivity index (χ0v) is 24.0. The number of nitrogens with zero attached hydrogens (tertiary/aromatic N) is 6. The van der Waals surface area contributed by atoms with Gasteiger partial charge in [0.05, 0.1) is 12.0 Å². The van der Waals surface area contributed by atoms with Gasteiger partial charge in [-0.1, -0.05) is 25.2 Å². The van der Waals surface area contributed by atoms with Crippen molar-refractivity contribution in [2.24, 2.45) is 0 Å². The highest BCUT2D eigenvalue weighted by Crippen LogP contribution is 2.42. The number of benzene rings is 1. The minimum atomic E-state index is -4.75. The van der Waals surface area contributed by atoms with Crippen molar-refractivity contribution in [3.63, 3.8) is 0 Å². The van der Waals surface area contributed by atoms with Gasteiger partial charge in [-0.25, -0.2) is 19.3 Å². The molecule has 0 spiro atoms. The van der Waals surface area contributed by atoms with Crippen molar-refractivity contribution in [2.75, 3.05) is 60.9 Å². The van der Waals surface area contributed by atoms with Crippen LogP contribution in [0.2, 0.25) is 0 Å². The number of piperazine rings is 1. The molecule has 0 radical (unpaired) electrons. The van der Waals surface area contributed by atoms with E-state index in [1.165, 1.54) is 6.33 Å². The summed E-state index contributed by atoms with van der Waals surface area (Å²) in [5.74, 6) is -2.73. The van der Waals surface area contributed by atoms with Gasteiger partial charge in [-0.05, 0) is 31.0 Å². The fourth-order valence-electron chi connectivity index (χ4n) is 4.72. The third-order valence-electron chi connectivity index (χ3n) is 6.69. The van der Waals surface area contributed by atoms with E-state index in [4.69, 9.17) is 5.11 Å². The number of carbonyl (C=O) groups is 1. The Labute approximate surface area is 244 Å². The van der Waals surface area contributed by atoms with Gasteiger partial charge in [0.25, 0.3) is 0 Å². The molecule has 0 saturated carbocycles. The highest BCUT2D eigenvalue weighted by atomic mass is 32.1. The third kappa shape index (κ3) is 7.62. The fraction of sp³-hybridized carbons (Fsp3) is 0.481. The number of hydrogen-bond acceptors (Lipinski definition) is 9. The first-order valence-electron chi connectivity index (χ1n) is 13.6. The van der Waals surface area contributed by atoms with Crippen LogP contribution in [0.1, 0.15) is 38.7 Å². The molecule has 1 saturated heterocycles. The van der Waals surface area contributed by atoms with Crippen LogP contribution < -0.4 is 15.1 Å². The molecular weight excluding hydrogens is 581 g/mol. The number of anilines is 4. The Hall–Kier alpha value is -3.59. The predicted molar refractivity (Wildman–Crippen MR) is 151 cm³/mol. The number of aromatic nitrogens is 3. The number of rotatable bonds is 12. The molecule has 4 rings (SSSR count). The van der Waals surface area contributed by atoms with E-state index in [0.717, 1.165) is 36.3 Å². The van der Waals surface area contributed by atoms with Crippen molar-refractivity contribution in [1.29, 1.82) is 0 Å². The molecule has 2 N–H and O–H groups in total. The molecule has 1 aliphatic rings. The molecule has 0 aliphatic carbocycles. The molecule has 0 bridgehead atoms. The predicted octanol–water partition coefficient (Wildman–Crippen LogP) is 5.86. The number of carboxylic acid groups (broad SMARTS) is 1. The van der Waals surface area contributed by atoms with Crippen molar-refractivity contribution >= 4 is 39.1 Å². The molecule has 228 valence electrons. The van der Waals surface area contributed by atoms with Gasteiger partial charge in [-0.3, -0.25) is 9.69 Å². The molecular formula is C27H32F5N7O2S. The first-order valence-corrected chi connectivity index (χ1v) is 14.4. The van der Waals surface area contributed by atoms with Crippen LogP contribution in [0.3, 0.4) is 0 Å². The van der Waals surface area contributed by atoms with Crippen molar-refractivity contribution < 1.29 is 31.9 Å². The summed E-state index contributed by atoms with van der Waals surface area (Å²) in [6.07, 6.45) is -2.01. The summed E-state index contributed by atoms with van der Waals surface area (Å²) in [7, 11) is 0. The van der Waals surface area contributed by atoms with Gasteiger partial charge in [0.2, 0.25) is 5.82 Å². The van der Waals surface area contributed by atoms with Crippen LogP contribution in [0.25, 0.3) is 11.3 Å². The Balaban J connectivity index is 1.64. The summed E-state index contributed by atoms with van der Waals surface area (Å²) in [4.78, 5) is 29.2. The number of alkyl halides is 3. The second-order valence-electron chi connectivity index (χ2n) is 9.84. The van der Waals surface area contributed by atoms with Gasteiger partial charge >= 0.3 is 12.1 Å². The van der Waals surface area contributed by atoms with Crippen molar-refractivity contribution in [2.45, 2.75) is 39.3 Å². The minimum absolute atomic E-state index is 0.0226. The maximum Gasteiger partial charge on any atom is 0.416 e. The molecule has 15 heteroatoms. The number of thiazole rings is 1. The van der Waals surface area contributed by atoms with E-state index in [1.54, 1.807) is 4.90 Å². The molecule has 3 aromatic rings. The molecule has 0 atom stereocenters. The molecule has 9 nitrogen and oxygen atoms in total. The van der Waals surface area contributed by atoms with Crippen LogP contribution in [0.15, 0.2) is 24.5 Å². The second kappa shape index (κ2) is 13.6. The summed E-state index contributed by atoms with van der Waals surface area (Å²) >= 11 is 1.12. The maximum absolute atomic E-state index is 15.6. The second-order valence-corrected chi connectivity index (χ2v) is 10.8. The first kappa shape index (κ1) is 31.3. The Bertz CT molecular complexity index is 1370. The summed E-state index contributed by atoms with van der Waals surface area (Å²) < 4.78 is 70.5. The highest BCUT2D eigenvalue weighted by Gasteiger charge is 2.32. The number of carboxylic acids is 1. The Morgan fingerprint density at radius 2 is 1.76 bits per heavy atom. The maximum atomic E-state index is 15.6. The number of nitrogens with one attached hydrogen (secondary N) is 1. The van der Waals surface area contributed by atoms with E-state index in [2.05, 4.69) is 20.3 Å². The van der Waals surface area contributed by atoms with Gasteiger partial charge in [0, 0.05) is 51.4 Å². The monoisotopic (exact) mass is 613 g/mol. The number of aliphatic carboxylic acids is 1. The lowest BCUT2D eigenvalue weighted by Crippen LogP contribution is -2.47. The zero-order valence-electron chi connectivity index (χ0n) is 23.2. The molecule has 42 heavy (non-hydrogen) atoms. The minimum Gasteiger partial charge on any atom is -0.481 e. The molecule has 1 aromatic carbocycles.